The van der Waals surface area contributed by atoms with E-state index in [9.17, 15) is 3.89 Å². The van der Waals surface area contributed by atoms with Crippen LogP contribution in [0.15, 0.2) is 46.9 Å². The molecule has 2 rings (SSSR count). The molecule has 0 saturated heterocycles. The van der Waals surface area contributed by atoms with Crippen LogP contribution in [0.5, 0.6) is 11.7 Å². The molecule has 1 aromatic heterocycles. The summed E-state index contributed by atoms with van der Waals surface area (Å²) < 4.78 is 51.1. The lowest BCUT2D eigenvalue weighted by Crippen LogP contribution is -1.88. The van der Waals surface area contributed by atoms with E-state index in [-0.39, 0.29) is 0 Å². The van der Waals surface area contributed by atoms with Crippen LogP contribution < -0.4 is 9.47 Å². The summed E-state index contributed by atoms with van der Waals surface area (Å²) in [5.41, 5.74) is 0.986. The molecule has 0 bridgehead atoms. The maximum absolute atomic E-state index is 10.1. The quantitative estimate of drug-likeness (QED) is 0.491. The van der Waals surface area contributed by atoms with Crippen LogP contribution in [0.1, 0.15) is 0 Å². The van der Waals surface area contributed by atoms with Gasteiger partial charge in [0.05, 0.1) is 13.2 Å². The molecule has 0 aliphatic rings. The van der Waals surface area contributed by atoms with Crippen molar-refractivity contribution < 1.29 is 30.7 Å². The molecule has 1 heterocycles. The second-order valence-electron chi connectivity index (χ2n) is 3.64. The third-order valence-electron chi connectivity index (χ3n) is 2.24. The largest absolute Gasteiger partial charge is 0.722 e. The summed E-state index contributed by atoms with van der Waals surface area (Å²) in [6.45, 7) is 0. The Kier molecular flexibility index (Phi) is 6.07. The molecule has 0 amide bonds. The average molecular weight is 316 g/mol. The Balaban J connectivity index is 0.000000383. The summed E-state index contributed by atoms with van der Waals surface area (Å²) in [6, 6.07) is 13.3. The van der Waals surface area contributed by atoms with Crippen molar-refractivity contribution in [3.05, 3.63) is 42.5 Å². The first-order valence-corrected chi connectivity index (χ1v) is 6.91. The van der Waals surface area contributed by atoms with Gasteiger partial charge in [0.1, 0.15) is 11.8 Å². The van der Waals surface area contributed by atoms with Crippen LogP contribution in [0.25, 0.3) is 11.3 Å². The topological polar surface area (TPSA) is 87.0 Å². The Morgan fingerprint density at radius 2 is 1.67 bits per heavy atom. The Bertz CT molecular complexity index is 642. The molecule has 0 fully saturated rings. The van der Waals surface area contributed by atoms with Crippen LogP contribution >= 0.6 is 0 Å². The highest BCUT2D eigenvalue weighted by atomic mass is 32.3. The zero-order valence-corrected chi connectivity index (χ0v) is 12.1. The molecule has 114 valence electrons. The SMILES string of the molecule is COc1cc(OC)[o+]c(-c2ccccc2)c1.O=S(=O)([O-])F. The zero-order chi connectivity index (χ0) is 15.9. The molecular formula is C13H13FO6S. The molecule has 0 saturated carbocycles. The van der Waals surface area contributed by atoms with Gasteiger partial charge in [-0.1, -0.05) is 18.2 Å². The second kappa shape index (κ2) is 7.55. The van der Waals surface area contributed by atoms with Crippen LogP contribution in [0.3, 0.4) is 0 Å². The summed E-state index contributed by atoms with van der Waals surface area (Å²) in [4.78, 5) is 0. The van der Waals surface area contributed by atoms with Crippen LogP contribution in [-0.4, -0.2) is 27.2 Å². The van der Waals surface area contributed by atoms with Crippen molar-refractivity contribution in [3.63, 3.8) is 0 Å². The molecule has 0 aliphatic carbocycles. The van der Waals surface area contributed by atoms with Crippen molar-refractivity contribution >= 4 is 10.5 Å². The van der Waals surface area contributed by atoms with Gasteiger partial charge in [0, 0.05) is 5.56 Å². The standard InChI is InChI=1S/C13H13O3.FHO3S/c1-14-11-8-12(16-13(9-11)15-2)10-6-4-3-5-7-10;1-5(2,3)4/h3-9H,1-2H3;(H,2,3,4)/q+1;/p-1. The minimum absolute atomic E-state index is 0.429. The first kappa shape index (κ1) is 16.9. The number of hydrogen-bond donors (Lipinski definition) is 0. The van der Waals surface area contributed by atoms with E-state index in [1.54, 1.807) is 20.3 Å². The summed E-state index contributed by atoms with van der Waals surface area (Å²) in [6.07, 6.45) is 0. The number of rotatable bonds is 3. The van der Waals surface area contributed by atoms with Gasteiger partial charge in [-0.15, -0.1) is 3.89 Å². The normalized spacial score (nSPS) is 10.3. The van der Waals surface area contributed by atoms with Gasteiger partial charge in [0.2, 0.25) is 0 Å². The van der Waals surface area contributed by atoms with Gasteiger partial charge in [-0.25, -0.2) is 8.42 Å². The molecule has 21 heavy (non-hydrogen) atoms. The monoisotopic (exact) mass is 316 g/mol. The Labute approximate surface area is 121 Å². The van der Waals surface area contributed by atoms with Crippen LogP contribution in [0, 0.1) is 0 Å². The van der Waals surface area contributed by atoms with E-state index in [1.165, 1.54) is 0 Å². The van der Waals surface area contributed by atoms with E-state index < -0.39 is 10.5 Å². The van der Waals surface area contributed by atoms with Crippen molar-refractivity contribution in [1.29, 1.82) is 0 Å². The highest BCUT2D eigenvalue weighted by Crippen LogP contribution is 2.29. The Hall–Kier alpha value is -2.19. The predicted octanol–water partition coefficient (Wildman–Crippen LogP) is 2.66. The Morgan fingerprint density at radius 3 is 2.14 bits per heavy atom. The average Bonchev–Trinajstić information content (AvgIpc) is 2.46. The lowest BCUT2D eigenvalue weighted by Gasteiger charge is -1.99. The maximum atomic E-state index is 10.1. The fourth-order valence-electron chi connectivity index (χ4n) is 1.42. The Morgan fingerprint density at radius 1 is 1.10 bits per heavy atom. The van der Waals surface area contributed by atoms with E-state index in [1.807, 2.05) is 36.4 Å². The minimum Gasteiger partial charge on any atom is -0.722 e. The van der Waals surface area contributed by atoms with E-state index in [0.717, 1.165) is 11.3 Å². The number of halogens is 1. The molecule has 0 radical (unpaired) electrons. The van der Waals surface area contributed by atoms with E-state index in [2.05, 4.69) is 0 Å². The molecule has 1 aromatic carbocycles. The zero-order valence-electron chi connectivity index (χ0n) is 11.3. The lowest BCUT2D eigenvalue weighted by atomic mass is 10.1. The fraction of sp³-hybridized carbons (Fsp3) is 0.154. The highest BCUT2D eigenvalue weighted by Gasteiger charge is 2.15. The summed E-state index contributed by atoms with van der Waals surface area (Å²) in [5.74, 6) is 1.86. The molecule has 6 nitrogen and oxygen atoms in total. The first-order chi connectivity index (χ1) is 9.83. The third kappa shape index (κ3) is 6.68. The van der Waals surface area contributed by atoms with Crippen molar-refractivity contribution in [1.82, 2.24) is 0 Å². The molecular weight excluding hydrogens is 303 g/mol. The van der Waals surface area contributed by atoms with E-state index in [4.69, 9.17) is 26.9 Å². The molecule has 0 unspecified atom stereocenters. The third-order valence-corrected chi connectivity index (χ3v) is 2.24. The second-order valence-corrected chi connectivity index (χ2v) is 4.43. The smallest absolute Gasteiger partial charge is 0.522 e. The van der Waals surface area contributed by atoms with Crippen LogP contribution in [-0.2, 0) is 10.5 Å². The van der Waals surface area contributed by atoms with Gasteiger partial charge in [0.15, 0.2) is 7.11 Å². The predicted molar refractivity (Wildman–Crippen MR) is 72.5 cm³/mol. The van der Waals surface area contributed by atoms with E-state index in [0.29, 0.717) is 11.7 Å². The van der Waals surface area contributed by atoms with Gasteiger partial charge in [-0.05, 0) is 12.1 Å². The molecule has 0 spiro atoms. The van der Waals surface area contributed by atoms with Crippen molar-refractivity contribution in [2.45, 2.75) is 0 Å². The first-order valence-electron chi connectivity index (χ1n) is 5.60. The minimum atomic E-state index is -5.42. The summed E-state index contributed by atoms with van der Waals surface area (Å²) in [7, 11) is -2.24. The molecule has 0 atom stereocenters. The van der Waals surface area contributed by atoms with Crippen LogP contribution in [0.4, 0.5) is 3.89 Å². The van der Waals surface area contributed by atoms with Gasteiger partial charge in [-0.2, -0.15) is 0 Å². The van der Waals surface area contributed by atoms with Crippen LogP contribution in [0.2, 0.25) is 0 Å². The van der Waals surface area contributed by atoms with Crippen molar-refractivity contribution in [2.75, 3.05) is 14.2 Å². The van der Waals surface area contributed by atoms with Gasteiger partial charge < -0.3 is 14.0 Å². The number of benzene rings is 1. The summed E-state index contributed by atoms with van der Waals surface area (Å²) >= 11 is 0. The van der Waals surface area contributed by atoms with E-state index >= 15 is 0 Å². The molecule has 2 aromatic rings. The number of methoxy groups -OCH3 is 2. The lowest BCUT2D eigenvalue weighted by molar-refractivity contribution is 0.295. The maximum Gasteiger partial charge on any atom is 0.522 e. The van der Waals surface area contributed by atoms with Crippen molar-refractivity contribution in [3.8, 4) is 23.0 Å². The van der Waals surface area contributed by atoms with Gasteiger partial charge in [-0.3, -0.25) is 4.42 Å². The van der Waals surface area contributed by atoms with Crippen molar-refractivity contribution in [2.24, 2.45) is 0 Å². The molecule has 0 N–H and O–H groups in total. The van der Waals surface area contributed by atoms with Gasteiger partial charge >= 0.3 is 5.95 Å². The highest BCUT2D eigenvalue weighted by molar-refractivity contribution is 7.80. The summed E-state index contributed by atoms with van der Waals surface area (Å²) in [5, 5.41) is 0. The molecule has 8 heteroatoms. The fourth-order valence-corrected chi connectivity index (χ4v) is 1.42. The molecule has 0 aliphatic heterocycles. The number of hydrogen-bond acceptors (Lipinski definition) is 5. The van der Waals surface area contributed by atoms with Gasteiger partial charge in [0.25, 0.3) is 16.3 Å². The number of ether oxygens (including phenoxy) is 2.